The maximum absolute atomic E-state index is 12.5. The van der Waals surface area contributed by atoms with E-state index >= 15 is 0 Å². The first-order chi connectivity index (χ1) is 13.0. The first kappa shape index (κ1) is 19.6. The quantitative estimate of drug-likeness (QED) is 0.535. The number of rotatable bonds is 6. The molecular formula is C19H30N4O4. The van der Waals surface area contributed by atoms with Crippen molar-refractivity contribution in [3.05, 3.63) is 0 Å². The minimum atomic E-state index is -0.674. The molecule has 0 unspecified atom stereocenters. The second-order valence-electron chi connectivity index (χ2n) is 7.86. The summed E-state index contributed by atoms with van der Waals surface area (Å²) in [5, 5.41) is 5.65. The van der Waals surface area contributed by atoms with Crippen LogP contribution in [0.2, 0.25) is 0 Å². The van der Waals surface area contributed by atoms with Gasteiger partial charge in [0.2, 0.25) is 11.8 Å². The molecule has 2 saturated heterocycles. The van der Waals surface area contributed by atoms with E-state index in [1.165, 1.54) is 4.90 Å². The summed E-state index contributed by atoms with van der Waals surface area (Å²) in [6.45, 7) is 1.40. The molecule has 0 bridgehead atoms. The van der Waals surface area contributed by atoms with Gasteiger partial charge in [0.25, 0.3) is 5.91 Å². The van der Waals surface area contributed by atoms with Gasteiger partial charge in [-0.3, -0.25) is 19.3 Å². The third-order valence-electron chi connectivity index (χ3n) is 5.84. The Morgan fingerprint density at radius 2 is 1.78 bits per heavy atom. The molecule has 5 amide bonds. The largest absolute Gasteiger partial charge is 0.354 e. The van der Waals surface area contributed by atoms with Gasteiger partial charge in [-0.15, -0.1) is 0 Å². The predicted molar refractivity (Wildman–Crippen MR) is 98.7 cm³/mol. The highest BCUT2D eigenvalue weighted by Gasteiger charge is 2.51. The van der Waals surface area contributed by atoms with Crippen molar-refractivity contribution in [1.82, 2.24) is 20.4 Å². The number of likely N-dealkylation sites (tertiary alicyclic amines) is 1. The smallest absolute Gasteiger partial charge is 0.325 e. The van der Waals surface area contributed by atoms with Crippen molar-refractivity contribution in [2.24, 2.45) is 0 Å². The van der Waals surface area contributed by atoms with Crippen LogP contribution in [0, 0.1) is 0 Å². The number of carbonyl (C=O) groups excluding carboxylic acids is 4. The van der Waals surface area contributed by atoms with E-state index in [9.17, 15) is 19.2 Å². The summed E-state index contributed by atoms with van der Waals surface area (Å²) in [7, 11) is 0. The van der Waals surface area contributed by atoms with Crippen LogP contribution in [0.4, 0.5) is 4.79 Å². The van der Waals surface area contributed by atoms with Gasteiger partial charge in [-0.1, -0.05) is 25.7 Å². The number of nitrogens with one attached hydrogen (secondary N) is 2. The van der Waals surface area contributed by atoms with Gasteiger partial charge >= 0.3 is 6.03 Å². The number of amides is 5. The molecule has 150 valence electrons. The van der Waals surface area contributed by atoms with E-state index < -0.39 is 5.54 Å². The SMILES string of the molecule is O=C(CN1CCCCCCC1=O)NCCCN1C(=O)NC2(CCCC2)C1=O. The number of hydrogen-bond donors (Lipinski definition) is 2. The van der Waals surface area contributed by atoms with E-state index in [0.717, 1.165) is 38.5 Å². The van der Waals surface area contributed by atoms with E-state index in [0.29, 0.717) is 45.3 Å². The van der Waals surface area contributed by atoms with Crippen LogP contribution in [0.15, 0.2) is 0 Å². The highest BCUT2D eigenvalue weighted by Crippen LogP contribution is 2.34. The Morgan fingerprint density at radius 3 is 2.56 bits per heavy atom. The number of nitrogens with zero attached hydrogens (tertiary/aromatic N) is 2. The van der Waals surface area contributed by atoms with E-state index in [-0.39, 0.29) is 30.3 Å². The summed E-state index contributed by atoms with van der Waals surface area (Å²) in [6.07, 6.45) is 8.39. The van der Waals surface area contributed by atoms with Crippen LogP contribution in [0.25, 0.3) is 0 Å². The topological polar surface area (TPSA) is 98.8 Å². The Kier molecular flexibility index (Phi) is 6.34. The van der Waals surface area contributed by atoms with E-state index in [1.807, 2.05) is 0 Å². The van der Waals surface area contributed by atoms with Gasteiger partial charge in [0.05, 0.1) is 6.54 Å². The van der Waals surface area contributed by atoms with Crippen LogP contribution in [0.5, 0.6) is 0 Å². The Balaban J connectivity index is 1.38. The first-order valence-electron chi connectivity index (χ1n) is 10.2. The minimum absolute atomic E-state index is 0.0473. The van der Waals surface area contributed by atoms with Gasteiger partial charge in [0, 0.05) is 26.1 Å². The molecule has 0 aromatic carbocycles. The van der Waals surface area contributed by atoms with Gasteiger partial charge in [-0.05, 0) is 32.1 Å². The molecule has 2 aliphatic heterocycles. The molecule has 3 fully saturated rings. The lowest BCUT2D eigenvalue weighted by molar-refractivity contribution is -0.136. The Bertz CT molecular complexity index is 601. The third-order valence-corrected chi connectivity index (χ3v) is 5.84. The summed E-state index contributed by atoms with van der Waals surface area (Å²) in [4.78, 5) is 51.7. The lowest BCUT2D eigenvalue weighted by Gasteiger charge is -2.24. The number of carbonyl (C=O) groups is 4. The maximum atomic E-state index is 12.5. The van der Waals surface area contributed by atoms with Crippen molar-refractivity contribution < 1.29 is 19.2 Å². The molecule has 3 rings (SSSR count). The monoisotopic (exact) mass is 378 g/mol. The zero-order valence-corrected chi connectivity index (χ0v) is 15.9. The first-order valence-corrected chi connectivity index (χ1v) is 10.2. The lowest BCUT2D eigenvalue weighted by Crippen LogP contribution is -2.44. The van der Waals surface area contributed by atoms with Crippen LogP contribution in [-0.4, -0.2) is 65.3 Å². The highest BCUT2D eigenvalue weighted by atomic mass is 16.2. The Hall–Kier alpha value is -2.12. The molecule has 0 aromatic rings. The van der Waals surface area contributed by atoms with Crippen LogP contribution >= 0.6 is 0 Å². The minimum Gasteiger partial charge on any atom is -0.354 e. The fourth-order valence-corrected chi connectivity index (χ4v) is 4.27. The zero-order valence-electron chi connectivity index (χ0n) is 15.9. The predicted octanol–water partition coefficient (Wildman–Crippen LogP) is 1.15. The second-order valence-corrected chi connectivity index (χ2v) is 7.86. The highest BCUT2D eigenvalue weighted by molar-refractivity contribution is 6.07. The summed E-state index contributed by atoms with van der Waals surface area (Å²) in [5.74, 6) is -0.262. The standard InChI is InChI=1S/C19H30N4O4/c24-15(14-22-12-6-2-1-3-8-16(22)25)20-11-7-13-23-17(26)19(21-18(23)27)9-4-5-10-19/h1-14H2,(H,20,24)(H,21,27). The maximum Gasteiger partial charge on any atom is 0.325 e. The van der Waals surface area contributed by atoms with E-state index in [1.54, 1.807) is 4.90 Å². The second kappa shape index (κ2) is 8.71. The molecule has 1 spiro atoms. The fraction of sp³-hybridized carbons (Fsp3) is 0.789. The molecule has 3 aliphatic rings. The van der Waals surface area contributed by atoms with Crippen molar-refractivity contribution in [2.45, 2.75) is 69.7 Å². The molecule has 0 aromatic heterocycles. The van der Waals surface area contributed by atoms with E-state index in [4.69, 9.17) is 0 Å². The normalized spacial score (nSPS) is 22.7. The fourth-order valence-electron chi connectivity index (χ4n) is 4.27. The average molecular weight is 378 g/mol. The van der Waals surface area contributed by atoms with Gasteiger partial charge in [0.1, 0.15) is 5.54 Å². The summed E-state index contributed by atoms with van der Waals surface area (Å²) < 4.78 is 0. The van der Waals surface area contributed by atoms with E-state index in [2.05, 4.69) is 10.6 Å². The number of imide groups is 1. The van der Waals surface area contributed by atoms with Gasteiger partial charge in [-0.25, -0.2) is 4.79 Å². The summed E-state index contributed by atoms with van der Waals surface area (Å²) in [5.41, 5.74) is -0.674. The average Bonchev–Trinajstić information content (AvgIpc) is 3.18. The lowest BCUT2D eigenvalue weighted by atomic mass is 9.98. The van der Waals surface area contributed by atoms with Crippen molar-refractivity contribution in [3.8, 4) is 0 Å². The molecule has 1 aliphatic carbocycles. The third kappa shape index (κ3) is 4.59. The van der Waals surface area contributed by atoms with Gasteiger partial charge < -0.3 is 15.5 Å². The summed E-state index contributed by atoms with van der Waals surface area (Å²) in [6, 6.07) is -0.320. The molecule has 8 nitrogen and oxygen atoms in total. The van der Waals surface area contributed by atoms with Crippen molar-refractivity contribution in [2.75, 3.05) is 26.2 Å². The van der Waals surface area contributed by atoms with Gasteiger partial charge in [0.15, 0.2) is 0 Å². The molecule has 27 heavy (non-hydrogen) atoms. The molecule has 2 N–H and O–H groups in total. The van der Waals surface area contributed by atoms with Crippen molar-refractivity contribution >= 4 is 23.8 Å². The molecule has 8 heteroatoms. The Labute approximate surface area is 160 Å². The van der Waals surface area contributed by atoms with Crippen molar-refractivity contribution in [1.29, 1.82) is 0 Å². The number of urea groups is 1. The van der Waals surface area contributed by atoms with Crippen LogP contribution in [-0.2, 0) is 14.4 Å². The molecular weight excluding hydrogens is 348 g/mol. The van der Waals surface area contributed by atoms with Crippen LogP contribution in [0.3, 0.4) is 0 Å². The zero-order chi connectivity index (χ0) is 19.3. The molecule has 0 atom stereocenters. The van der Waals surface area contributed by atoms with Crippen molar-refractivity contribution in [3.63, 3.8) is 0 Å². The number of hydrogen-bond acceptors (Lipinski definition) is 4. The van der Waals surface area contributed by atoms with Crippen LogP contribution < -0.4 is 10.6 Å². The molecule has 2 heterocycles. The molecule has 1 saturated carbocycles. The van der Waals surface area contributed by atoms with Gasteiger partial charge in [-0.2, -0.15) is 0 Å². The van der Waals surface area contributed by atoms with Crippen LogP contribution in [0.1, 0.15) is 64.2 Å². The Morgan fingerprint density at radius 1 is 1.04 bits per heavy atom. The summed E-state index contributed by atoms with van der Waals surface area (Å²) >= 11 is 0. The molecule has 0 radical (unpaired) electrons.